The molecule has 7 aromatic carbocycles. The molecule has 0 aliphatic carbocycles. The number of hydrogen-bond acceptors (Lipinski definition) is 3. The van der Waals surface area contributed by atoms with Crippen molar-refractivity contribution >= 4 is 11.0 Å². The molecule has 0 fully saturated rings. The molecule has 0 saturated heterocycles. The van der Waals surface area contributed by atoms with E-state index in [2.05, 4.69) is 39.0 Å². The number of nitrogens with zero attached hydrogens (tertiary/aromatic N) is 3. The molecule has 1 N–H and O–H groups in total. The molecule has 0 spiro atoms. The van der Waals surface area contributed by atoms with Crippen LogP contribution in [0.1, 0.15) is 74.5 Å². The summed E-state index contributed by atoms with van der Waals surface area (Å²) < 4.78 is 101. The SMILES string of the molecule is [2H]C([2H])([2H])c1ccc(-n2c(-c3ccccc3O)nc3c(-c4[c-]c(-c5cc(-c6ccc(C(C([2H])([2H])[2H])(C([2H])([2H])[2H])C([2H])([2H])[2H])cc6)ccn5)cc(-c5ccccc5)c4)cccc32)c(-c2ccc(C(C)(C)C)cc2)c1.[Pt]. The predicted octanol–water partition coefficient (Wildman–Crippen LogP) is 14.8. The van der Waals surface area contributed by atoms with E-state index < -0.39 is 32.8 Å². The van der Waals surface area contributed by atoms with Gasteiger partial charge in [0.15, 0.2) is 0 Å². The van der Waals surface area contributed by atoms with Crippen LogP contribution < -0.4 is 0 Å². The van der Waals surface area contributed by atoms with Gasteiger partial charge in [0.2, 0.25) is 0 Å². The van der Waals surface area contributed by atoms with Gasteiger partial charge in [0.05, 0.1) is 22.3 Å². The Labute approximate surface area is 397 Å². The molecule has 0 unspecified atom stereocenters. The summed E-state index contributed by atoms with van der Waals surface area (Å²) in [6.07, 6.45) is 1.62. The molecule has 2 aromatic heterocycles. The number of fused-ring (bicyclic) bond motifs is 1. The molecule has 0 atom stereocenters. The van der Waals surface area contributed by atoms with Crippen LogP contribution in [0.3, 0.4) is 0 Å². The Morgan fingerprint density at radius 2 is 1.23 bits per heavy atom. The first-order valence-electron chi connectivity index (χ1n) is 26.0. The zero-order valence-electron chi connectivity index (χ0n) is 46.3. The fourth-order valence-electron chi connectivity index (χ4n) is 7.84. The van der Waals surface area contributed by atoms with Crippen LogP contribution in [0.2, 0.25) is 0 Å². The van der Waals surface area contributed by atoms with E-state index in [4.69, 9.17) is 26.4 Å². The monoisotopic (exact) mass is 999 g/mol. The van der Waals surface area contributed by atoms with Crippen LogP contribution in [0, 0.1) is 12.9 Å². The van der Waals surface area contributed by atoms with Crippen molar-refractivity contribution in [3.05, 3.63) is 193 Å². The molecule has 4 nitrogen and oxygen atoms in total. The number of pyridine rings is 1. The summed E-state index contributed by atoms with van der Waals surface area (Å²) in [6.45, 7) is -6.17. The molecule has 2 heterocycles. The van der Waals surface area contributed by atoms with E-state index in [-0.39, 0.29) is 43.4 Å². The molecule has 310 valence electrons. The molecular weight excluding hydrogens is 938 g/mol. The van der Waals surface area contributed by atoms with E-state index in [1.165, 1.54) is 24.3 Å². The van der Waals surface area contributed by atoms with Gasteiger partial charge in [-0.1, -0.05) is 179 Å². The fourth-order valence-corrected chi connectivity index (χ4v) is 7.84. The van der Waals surface area contributed by atoms with Gasteiger partial charge in [-0.2, -0.15) is 0 Å². The normalized spacial score (nSPS) is 15.4. The predicted molar refractivity (Wildman–Crippen MR) is 254 cm³/mol. The zero-order chi connectivity index (χ0) is 52.5. The number of imidazole rings is 1. The van der Waals surface area contributed by atoms with Crippen LogP contribution in [0.4, 0.5) is 0 Å². The zero-order valence-corrected chi connectivity index (χ0v) is 36.5. The van der Waals surface area contributed by atoms with Gasteiger partial charge < -0.3 is 5.11 Å². The van der Waals surface area contributed by atoms with Crippen molar-refractivity contribution in [2.75, 3.05) is 0 Å². The number of aryl methyl sites for hydroxylation is 1. The van der Waals surface area contributed by atoms with Crippen LogP contribution in [0.25, 0.3) is 83.9 Å². The first-order chi connectivity index (χ1) is 34.3. The van der Waals surface area contributed by atoms with Crippen molar-refractivity contribution in [2.45, 2.75) is 59.0 Å². The summed E-state index contributed by atoms with van der Waals surface area (Å²) in [7, 11) is 0. The van der Waals surface area contributed by atoms with Gasteiger partial charge in [-0.3, -0.25) is 9.55 Å². The van der Waals surface area contributed by atoms with Gasteiger partial charge in [0, 0.05) is 55.0 Å². The van der Waals surface area contributed by atoms with E-state index in [0.29, 0.717) is 67.2 Å². The number of benzene rings is 7. The standard InChI is InChI=1S/C57H50N3O.Pt/c1-37-20-29-51(49(32-37)40-23-27-46(28-24-40)57(5,6)7)60-52-18-13-17-47(54(52)59-55(60)48-16-11-12-19-53(48)61)43-33-42(38-14-9-8-10-15-38)34-44(35-43)50-36-41(30-31-58-50)39-21-25-45(26-22-39)56(2,3)4;/h8-34,36,61H,1-7H3;/q-1;/i1D3,2D3,3D3,4D3;. The molecule has 0 saturated carbocycles. The fraction of sp³-hybridized carbons (Fsp3) is 0.158. The maximum Gasteiger partial charge on any atom is 0.148 e. The van der Waals surface area contributed by atoms with Gasteiger partial charge in [-0.05, 0) is 87.5 Å². The number of para-hydroxylation sites is 2. The number of rotatable bonds is 7. The van der Waals surface area contributed by atoms with E-state index in [1.807, 2.05) is 89.5 Å². The van der Waals surface area contributed by atoms with Crippen molar-refractivity contribution in [3.8, 4) is 78.6 Å². The first kappa shape index (κ1) is 29.8. The summed E-state index contributed by atoms with van der Waals surface area (Å²) >= 11 is 0. The van der Waals surface area contributed by atoms with E-state index in [1.54, 1.807) is 48.7 Å². The Balaban J connectivity index is 0.00000729. The van der Waals surface area contributed by atoms with Crippen molar-refractivity contribution < 1.29 is 42.6 Å². The first-order valence-corrected chi connectivity index (χ1v) is 20.0. The molecule has 9 rings (SSSR count). The van der Waals surface area contributed by atoms with Crippen molar-refractivity contribution in [3.63, 3.8) is 0 Å². The maximum atomic E-state index is 11.5. The van der Waals surface area contributed by atoms with Crippen LogP contribution in [-0.2, 0) is 31.9 Å². The van der Waals surface area contributed by atoms with Gasteiger partial charge in [-0.25, -0.2) is 4.98 Å². The van der Waals surface area contributed by atoms with Crippen LogP contribution in [0.5, 0.6) is 5.75 Å². The molecule has 62 heavy (non-hydrogen) atoms. The van der Waals surface area contributed by atoms with Gasteiger partial charge in [0.25, 0.3) is 0 Å². The summed E-state index contributed by atoms with van der Waals surface area (Å²) in [6, 6.07) is 52.5. The Kier molecular flexibility index (Phi) is 8.10. The van der Waals surface area contributed by atoms with E-state index in [9.17, 15) is 5.11 Å². The minimum Gasteiger partial charge on any atom is -0.507 e. The maximum absolute atomic E-state index is 11.5. The molecule has 0 aliphatic heterocycles. The van der Waals surface area contributed by atoms with Gasteiger partial charge in [0.1, 0.15) is 11.6 Å². The Hall–Kier alpha value is -6.35. The summed E-state index contributed by atoms with van der Waals surface area (Å²) in [5.74, 6) is 0.422. The van der Waals surface area contributed by atoms with Crippen molar-refractivity contribution in [2.24, 2.45) is 0 Å². The van der Waals surface area contributed by atoms with E-state index >= 15 is 0 Å². The minimum atomic E-state index is -3.39. The summed E-state index contributed by atoms with van der Waals surface area (Å²) in [5, 5.41) is 11.5. The molecule has 0 amide bonds. The third-order valence-electron chi connectivity index (χ3n) is 11.1. The third-order valence-corrected chi connectivity index (χ3v) is 11.1. The molecule has 0 aliphatic rings. The van der Waals surface area contributed by atoms with Gasteiger partial charge in [-0.15, -0.1) is 23.8 Å². The second-order valence-electron chi connectivity index (χ2n) is 16.3. The number of aromatic nitrogens is 3. The van der Waals surface area contributed by atoms with Gasteiger partial charge >= 0.3 is 0 Å². The summed E-state index contributed by atoms with van der Waals surface area (Å²) in [5.41, 5.74) is 6.94. The van der Waals surface area contributed by atoms with Crippen LogP contribution in [-0.4, -0.2) is 19.6 Å². The van der Waals surface area contributed by atoms with Crippen LogP contribution >= 0.6 is 0 Å². The average molecular weight is 1000 g/mol. The number of phenolic OH excluding ortho intramolecular Hbond substituents is 1. The Morgan fingerprint density at radius 1 is 0.565 bits per heavy atom. The molecule has 0 radical (unpaired) electrons. The Morgan fingerprint density at radius 3 is 1.94 bits per heavy atom. The quantitative estimate of drug-likeness (QED) is 0.162. The second-order valence-corrected chi connectivity index (χ2v) is 16.3. The topological polar surface area (TPSA) is 50.9 Å². The molecule has 5 heteroatoms. The molecular formula is C57H50N3OPt-. The number of phenols is 1. The van der Waals surface area contributed by atoms with Crippen molar-refractivity contribution in [1.82, 2.24) is 14.5 Å². The third kappa shape index (κ3) is 8.33. The number of hydrogen-bond donors (Lipinski definition) is 1. The average Bonchev–Trinajstić information content (AvgIpc) is 3.72. The number of aromatic hydroxyl groups is 1. The Bertz CT molecular complexity index is 3470. The van der Waals surface area contributed by atoms with Crippen molar-refractivity contribution in [1.29, 1.82) is 0 Å². The molecule has 0 bridgehead atoms. The second kappa shape index (κ2) is 16.8. The van der Waals surface area contributed by atoms with Crippen LogP contribution in [0.15, 0.2) is 170 Å². The molecule has 9 aromatic rings. The smallest absolute Gasteiger partial charge is 0.148 e. The summed E-state index contributed by atoms with van der Waals surface area (Å²) in [4.78, 5) is 10.1. The van der Waals surface area contributed by atoms with E-state index in [0.717, 1.165) is 22.3 Å². The minimum absolute atomic E-state index is 0. The largest absolute Gasteiger partial charge is 0.507 e.